The van der Waals surface area contributed by atoms with Crippen molar-refractivity contribution in [2.75, 3.05) is 20.8 Å². The third-order valence-corrected chi connectivity index (χ3v) is 3.80. The Morgan fingerprint density at radius 3 is 2.42 bits per heavy atom. The molecule has 0 heterocycles. The molecule has 1 rings (SSSR count). The molecule has 0 amide bonds. The van der Waals surface area contributed by atoms with E-state index in [4.69, 9.17) is 4.74 Å². The third kappa shape index (κ3) is 3.95. The van der Waals surface area contributed by atoms with Crippen molar-refractivity contribution in [3.05, 3.63) is 29.3 Å². The minimum absolute atomic E-state index is 0.135. The van der Waals surface area contributed by atoms with Crippen LogP contribution in [-0.4, -0.2) is 36.3 Å². The van der Waals surface area contributed by atoms with Gasteiger partial charge in [-0.3, -0.25) is 4.90 Å². The molecule has 0 radical (unpaired) electrons. The van der Waals surface area contributed by atoms with E-state index < -0.39 is 0 Å². The number of benzene rings is 1. The molecule has 3 nitrogen and oxygen atoms in total. The first kappa shape index (κ1) is 16.0. The second-order valence-electron chi connectivity index (χ2n) is 6.05. The van der Waals surface area contributed by atoms with Gasteiger partial charge in [0.15, 0.2) is 0 Å². The number of methoxy groups -OCH3 is 1. The van der Waals surface area contributed by atoms with Crippen LogP contribution < -0.4 is 4.74 Å². The van der Waals surface area contributed by atoms with Crippen LogP contribution in [0.2, 0.25) is 0 Å². The molecule has 1 aromatic carbocycles. The van der Waals surface area contributed by atoms with Crippen LogP contribution in [0.25, 0.3) is 0 Å². The number of ether oxygens (including phenoxy) is 1. The van der Waals surface area contributed by atoms with Crippen LogP contribution in [0.15, 0.2) is 18.2 Å². The quantitative estimate of drug-likeness (QED) is 0.858. The molecule has 0 aliphatic heterocycles. The Labute approximate surface area is 117 Å². The minimum atomic E-state index is -0.237. The lowest BCUT2D eigenvalue weighted by Crippen LogP contribution is -2.43. The van der Waals surface area contributed by atoms with Gasteiger partial charge >= 0.3 is 0 Å². The van der Waals surface area contributed by atoms with Crippen LogP contribution in [-0.2, 0) is 6.54 Å². The molecule has 3 heteroatoms. The van der Waals surface area contributed by atoms with Gasteiger partial charge in [-0.2, -0.15) is 0 Å². The summed E-state index contributed by atoms with van der Waals surface area (Å²) in [6, 6.07) is 6.35. The number of hydrogen-bond acceptors (Lipinski definition) is 3. The summed E-state index contributed by atoms with van der Waals surface area (Å²) in [4.78, 5) is 2.15. The highest BCUT2D eigenvalue weighted by atomic mass is 16.5. The number of aliphatic hydroxyl groups is 1. The van der Waals surface area contributed by atoms with E-state index in [9.17, 15) is 5.11 Å². The molecule has 0 bridgehead atoms. The largest absolute Gasteiger partial charge is 0.496 e. The van der Waals surface area contributed by atoms with Crippen LogP contribution in [0.1, 0.15) is 44.7 Å². The maximum Gasteiger partial charge on any atom is 0.123 e. The fraction of sp³-hybridized carbons (Fsp3) is 0.625. The second-order valence-corrected chi connectivity index (χ2v) is 6.05. The zero-order chi connectivity index (χ0) is 14.6. The molecule has 19 heavy (non-hydrogen) atoms. The Balaban J connectivity index is 3.01. The van der Waals surface area contributed by atoms with E-state index in [0.717, 1.165) is 17.9 Å². The Bertz CT molecular complexity index is 413. The molecule has 0 aliphatic carbocycles. The predicted molar refractivity (Wildman–Crippen MR) is 79.7 cm³/mol. The fourth-order valence-electron chi connectivity index (χ4n) is 1.87. The van der Waals surface area contributed by atoms with Gasteiger partial charge in [0.25, 0.3) is 0 Å². The summed E-state index contributed by atoms with van der Waals surface area (Å²) in [5.74, 6) is 1.41. The SMILES string of the molecule is COc1ccc(C(C)C)cc1CN(C)C(C)(C)CO. The lowest BCUT2D eigenvalue weighted by molar-refractivity contribution is 0.0728. The van der Waals surface area contributed by atoms with Gasteiger partial charge in [0, 0.05) is 17.6 Å². The summed E-state index contributed by atoms with van der Waals surface area (Å²) in [5, 5.41) is 9.44. The lowest BCUT2D eigenvalue weighted by Gasteiger charge is -2.34. The molecular formula is C16H27NO2. The summed E-state index contributed by atoms with van der Waals surface area (Å²) in [7, 11) is 3.72. The summed E-state index contributed by atoms with van der Waals surface area (Å²) < 4.78 is 5.44. The van der Waals surface area contributed by atoms with Crippen molar-refractivity contribution >= 4 is 0 Å². The number of aliphatic hydroxyl groups excluding tert-OH is 1. The number of nitrogens with zero attached hydrogens (tertiary/aromatic N) is 1. The maximum absolute atomic E-state index is 9.44. The zero-order valence-corrected chi connectivity index (χ0v) is 13.0. The van der Waals surface area contributed by atoms with Gasteiger partial charge < -0.3 is 9.84 Å². The number of likely N-dealkylation sites (N-methyl/N-ethyl adjacent to an activating group) is 1. The molecule has 0 unspecified atom stereocenters. The van der Waals surface area contributed by atoms with Gasteiger partial charge in [-0.15, -0.1) is 0 Å². The smallest absolute Gasteiger partial charge is 0.123 e. The van der Waals surface area contributed by atoms with Crippen LogP contribution in [0.3, 0.4) is 0 Å². The number of rotatable bonds is 6. The van der Waals surface area contributed by atoms with Crippen molar-refractivity contribution in [2.45, 2.75) is 45.7 Å². The standard InChI is InChI=1S/C16H27NO2/c1-12(2)13-7-8-15(19-6)14(9-13)10-17(5)16(3,4)11-18/h7-9,12,18H,10-11H2,1-6H3. The van der Waals surface area contributed by atoms with Crippen LogP contribution in [0, 0.1) is 0 Å². The van der Waals surface area contributed by atoms with Crippen molar-refractivity contribution in [3.8, 4) is 5.75 Å². The van der Waals surface area contributed by atoms with E-state index in [1.165, 1.54) is 5.56 Å². The van der Waals surface area contributed by atoms with Crippen molar-refractivity contribution < 1.29 is 9.84 Å². The van der Waals surface area contributed by atoms with E-state index in [2.05, 4.69) is 30.9 Å². The van der Waals surface area contributed by atoms with Crippen LogP contribution >= 0.6 is 0 Å². The van der Waals surface area contributed by atoms with E-state index >= 15 is 0 Å². The molecular weight excluding hydrogens is 238 g/mol. The molecule has 1 aromatic rings. The fourth-order valence-corrected chi connectivity index (χ4v) is 1.87. The van der Waals surface area contributed by atoms with Crippen molar-refractivity contribution in [1.29, 1.82) is 0 Å². The summed E-state index contributed by atoms with van der Waals surface area (Å²) in [5.41, 5.74) is 2.24. The Hall–Kier alpha value is -1.06. The van der Waals surface area contributed by atoms with Gasteiger partial charge in [0.05, 0.1) is 13.7 Å². The molecule has 0 spiro atoms. The Morgan fingerprint density at radius 2 is 1.95 bits per heavy atom. The summed E-state index contributed by atoms with van der Waals surface area (Å²) in [6.45, 7) is 9.34. The molecule has 0 saturated heterocycles. The molecule has 108 valence electrons. The molecule has 1 N–H and O–H groups in total. The zero-order valence-electron chi connectivity index (χ0n) is 13.0. The van der Waals surface area contributed by atoms with E-state index in [-0.39, 0.29) is 12.1 Å². The third-order valence-electron chi connectivity index (χ3n) is 3.80. The first-order valence-corrected chi connectivity index (χ1v) is 6.80. The van der Waals surface area contributed by atoms with Gasteiger partial charge in [-0.05, 0) is 38.4 Å². The normalized spacial score (nSPS) is 12.3. The molecule has 0 saturated carbocycles. The van der Waals surface area contributed by atoms with Crippen LogP contribution in [0.4, 0.5) is 0 Å². The average Bonchev–Trinajstić information content (AvgIpc) is 2.38. The van der Waals surface area contributed by atoms with Crippen molar-refractivity contribution in [2.24, 2.45) is 0 Å². The van der Waals surface area contributed by atoms with Crippen molar-refractivity contribution in [3.63, 3.8) is 0 Å². The maximum atomic E-state index is 9.44. The monoisotopic (exact) mass is 265 g/mol. The molecule has 0 fully saturated rings. The van der Waals surface area contributed by atoms with Crippen LogP contribution in [0.5, 0.6) is 5.75 Å². The van der Waals surface area contributed by atoms with Gasteiger partial charge in [-0.25, -0.2) is 0 Å². The predicted octanol–water partition coefficient (Wildman–Crippen LogP) is 3.02. The summed E-state index contributed by atoms with van der Waals surface area (Å²) in [6.07, 6.45) is 0. The average molecular weight is 265 g/mol. The van der Waals surface area contributed by atoms with Gasteiger partial charge in [0.1, 0.15) is 5.75 Å². The molecule has 0 aliphatic rings. The topological polar surface area (TPSA) is 32.7 Å². The first-order chi connectivity index (χ1) is 8.81. The summed E-state index contributed by atoms with van der Waals surface area (Å²) >= 11 is 0. The van der Waals surface area contributed by atoms with E-state index in [1.54, 1.807) is 7.11 Å². The Morgan fingerprint density at radius 1 is 1.32 bits per heavy atom. The lowest BCUT2D eigenvalue weighted by atomic mass is 9.98. The Kier molecular flexibility index (Phi) is 5.39. The minimum Gasteiger partial charge on any atom is -0.496 e. The van der Waals surface area contributed by atoms with Gasteiger partial charge in [-0.1, -0.05) is 26.0 Å². The van der Waals surface area contributed by atoms with Gasteiger partial charge in [0.2, 0.25) is 0 Å². The van der Waals surface area contributed by atoms with Crippen molar-refractivity contribution in [1.82, 2.24) is 4.90 Å². The highest BCUT2D eigenvalue weighted by molar-refractivity contribution is 5.38. The highest BCUT2D eigenvalue weighted by Crippen LogP contribution is 2.26. The van der Waals surface area contributed by atoms with E-state index in [0.29, 0.717) is 5.92 Å². The molecule has 0 aromatic heterocycles. The highest BCUT2D eigenvalue weighted by Gasteiger charge is 2.23. The second kappa shape index (κ2) is 6.40. The molecule has 0 atom stereocenters. The van der Waals surface area contributed by atoms with E-state index in [1.807, 2.05) is 27.0 Å². The number of hydrogen-bond donors (Lipinski definition) is 1. The first-order valence-electron chi connectivity index (χ1n) is 6.80.